The topological polar surface area (TPSA) is 54.7 Å². The lowest BCUT2D eigenvalue weighted by atomic mass is 10.0. The van der Waals surface area contributed by atoms with Gasteiger partial charge in [-0.3, -0.25) is 4.79 Å². The van der Waals surface area contributed by atoms with Gasteiger partial charge >= 0.3 is 0 Å². The van der Waals surface area contributed by atoms with Crippen molar-refractivity contribution < 1.29 is 13.9 Å². The van der Waals surface area contributed by atoms with E-state index in [2.05, 4.69) is 12.2 Å². The van der Waals surface area contributed by atoms with Gasteiger partial charge in [0.05, 0.1) is 12.5 Å². The Morgan fingerprint density at radius 1 is 1.58 bits per heavy atom. The van der Waals surface area contributed by atoms with Crippen molar-refractivity contribution in [2.24, 2.45) is 0 Å². The minimum absolute atomic E-state index is 0.0869. The van der Waals surface area contributed by atoms with E-state index in [1.807, 2.05) is 11.0 Å². The summed E-state index contributed by atoms with van der Waals surface area (Å²) >= 11 is 0. The monoisotopic (exact) mass is 266 g/mol. The summed E-state index contributed by atoms with van der Waals surface area (Å²) in [5.41, 5.74) is 1.16. The summed E-state index contributed by atoms with van der Waals surface area (Å²) in [7, 11) is 1.55. The molecule has 1 aliphatic rings. The molecule has 2 rings (SSSR count). The van der Waals surface area contributed by atoms with E-state index in [0.717, 1.165) is 31.5 Å². The number of hydrogen-bond acceptors (Lipinski definition) is 4. The summed E-state index contributed by atoms with van der Waals surface area (Å²) in [5.74, 6) is 0.0869. The molecule has 1 saturated heterocycles. The average Bonchev–Trinajstić information content (AvgIpc) is 2.94. The first-order valence-corrected chi connectivity index (χ1v) is 6.75. The van der Waals surface area contributed by atoms with Crippen molar-refractivity contribution in [2.45, 2.75) is 31.8 Å². The molecular weight excluding hydrogens is 244 g/mol. The number of rotatable bonds is 5. The number of hydrogen-bond donors (Lipinski definition) is 1. The van der Waals surface area contributed by atoms with E-state index < -0.39 is 0 Å². The van der Waals surface area contributed by atoms with E-state index in [4.69, 9.17) is 9.15 Å². The molecule has 19 heavy (non-hydrogen) atoms. The Bertz CT molecular complexity index is 383. The third-order valence-corrected chi connectivity index (χ3v) is 3.64. The Morgan fingerprint density at radius 2 is 2.32 bits per heavy atom. The van der Waals surface area contributed by atoms with E-state index in [9.17, 15) is 4.79 Å². The van der Waals surface area contributed by atoms with Gasteiger partial charge in [0, 0.05) is 37.8 Å². The second kappa shape index (κ2) is 6.73. The molecule has 0 aromatic carbocycles. The lowest BCUT2D eigenvalue weighted by Crippen LogP contribution is -2.46. The molecule has 0 saturated carbocycles. The molecule has 1 aliphatic heterocycles. The molecule has 0 aliphatic carbocycles. The first kappa shape index (κ1) is 14.1. The van der Waals surface area contributed by atoms with E-state index in [-0.39, 0.29) is 18.6 Å². The van der Waals surface area contributed by atoms with Crippen LogP contribution in [0.3, 0.4) is 0 Å². The van der Waals surface area contributed by atoms with Crippen molar-refractivity contribution in [3.05, 3.63) is 24.2 Å². The van der Waals surface area contributed by atoms with Gasteiger partial charge in [-0.05, 0) is 25.8 Å². The predicted octanol–water partition coefficient (Wildman–Crippen LogP) is 1.57. The molecular formula is C14H22N2O3. The van der Waals surface area contributed by atoms with Gasteiger partial charge in [-0.2, -0.15) is 0 Å². The van der Waals surface area contributed by atoms with Crippen LogP contribution in [0.5, 0.6) is 0 Å². The highest BCUT2D eigenvalue weighted by atomic mass is 16.5. The van der Waals surface area contributed by atoms with Crippen molar-refractivity contribution in [1.29, 1.82) is 0 Å². The number of amides is 1. The zero-order valence-electron chi connectivity index (χ0n) is 11.6. The van der Waals surface area contributed by atoms with Crippen LogP contribution in [-0.4, -0.2) is 43.7 Å². The van der Waals surface area contributed by atoms with Crippen LogP contribution in [0, 0.1) is 0 Å². The van der Waals surface area contributed by atoms with Crippen molar-refractivity contribution >= 4 is 5.91 Å². The normalized spacial score (nSPS) is 18.5. The largest absolute Gasteiger partial charge is 0.472 e. The van der Waals surface area contributed by atoms with Crippen molar-refractivity contribution in [1.82, 2.24) is 10.2 Å². The van der Waals surface area contributed by atoms with Gasteiger partial charge in [-0.1, -0.05) is 0 Å². The second-order valence-electron chi connectivity index (χ2n) is 5.03. The van der Waals surface area contributed by atoms with E-state index in [1.54, 1.807) is 19.6 Å². The fourth-order valence-electron chi connectivity index (χ4n) is 2.48. The molecule has 1 fully saturated rings. The third kappa shape index (κ3) is 3.81. The Morgan fingerprint density at radius 3 is 2.89 bits per heavy atom. The maximum atomic E-state index is 11.7. The Balaban J connectivity index is 1.76. The van der Waals surface area contributed by atoms with Crippen LogP contribution in [0.1, 0.15) is 31.4 Å². The summed E-state index contributed by atoms with van der Waals surface area (Å²) < 4.78 is 9.97. The Hall–Kier alpha value is -1.33. The number of likely N-dealkylation sites (tertiary alicyclic amines) is 1. The van der Waals surface area contributed by atoms with Gasteiger partial charge in [-0.25, -0.2) is 0 Å². The van der Waals surface area contributed by atoms with Crippen molar-refractivity contribution in [3.8, 4) is 0 Å². The summed E-state index contributed by atoms with van der Waals surface area (Å²) in [6.45, 7) is 3.92. The lowest BCUT2D eigenvalue weighted by Gasteiger charge is -2.33. The molecule has 1 aromatic rings. The van der Waals surface area contributed by atoms with Crippen molar-refractivity contribution in [2.75, 3.05) is 26.8 Å². The molecule has 5 nitrogen and oxygen atoms in total. The fraction of sp³-hybridized carbons (Fsp3) is 0.643. The second-order valence-corrected chi connectivity index (χ2v) is 5.03. The smallest absolute Gasteiger partial charge is 0.248 e. The highest BCUT2D eigenvalue weighted by molar-refractivity contribution is 5.77. The number of carbonyl (C=O) groups is 1. The van der Waals surface area contributed by atoms with E-state index in [0.29, 0.717) is 6.04 Å². The number of furan rings is 1. The number of nitrogens with one attached hydrogen (secondary N) is 1. The maximum Gasteiger partial charge on any atom is 0.248 e. The quantitative estimate of drug-likeness (QED) is 0.879. The minimum Gasteiger partial charge on any atom is -0.472 e. The zero-order chi connectivity index (χ0) is 13.7. The van der Waals surface area contributed by atoms with Crippen LogP contribution in [0.25, 0.3) is 0 Å². The molecule has 2 heterocycles. The van der Waals surface area contributed by atoms with Crippen LogP contribution >= 0.6 is 0 Å². The van der Waals surface area contributed by atoms with E-state index in [1.165, 1.54) is 0 Å². The molecule has 0 radical (unpaired) electrons. The molecule has 0 bridgehead atoms. The standard InChI is InChI=1S/C14H22N2O3/c1-11(12-5-8-19-9-12)15-13-3-6-16(7-4-13)14(17)10-18-2/h5,8-9,11,13,15H,3-4,6-7,10H2,1-2H3. The van der Waals surface area contributed by atoms with Gasteiger partial charge in [0.1, 0.15) is 6.61 Å². The third-order valence-electron chi connectivity index (χ3n) is 3.64. The molecule has 1 N–H and O–H groups in total. The Labute approximate surface area is 113 Å². The van der Waals surface area contributed by atoms with Crippen LogP contribution in [0.15, 0.2) is 23.0 Å². The molecule has 1 aromatic heterocycles. The Kier molecular flexibility index (Phi) is 4.99. The molecule has 1 atom stereocenters. The summed E-state index contributed by atoms with van der Waals surface area (Å²) in [6, 6.07) is 2.72. The first-order valence-electron chi connectivity index (χ1n) is 6.75. The first-order chi connectivity index (χ1) is 9.20. The van der Waals surface area contributed by atoms with Crippen molar-refractivity contribution in [3.63, 3.8) is 0 Å². The van der Waals surface area contributed by atoms with Gasteiger partial charge in [-0.15, -0.1) is 0 Å². The van der Waals surface area contributed by atoms with Crippen LogP contribution in [0.4, 0.5) is 0 Å². The highest BCUT2D eigenvalue weighted by Gasteiger charge is 2.23. The number of piperidine rings is 1. The van der Waals surface area contributed by atoms with Crippen LogP contribution < -0.4 is 5.32 Å². The fourth-order valence-corrected chi connectivity index (χ4v) is 2.48. The number of methoxy groups -OCH3 is 1. The van der Waals surface area contributed by atoms with E-state index >= 15 is 0 Å². The van der Waals surface area contributed by atoms with Crippen LogP contribution in [0.2, 0.25) is 0 Å². The lowest BCUT2D eigenvalue weighted by molar-refractivity contribution is -0.136. The highest BCUT2D eigenvalue weighted by Crippen LogP contribution is 2.17. The average molecular weight is 266 g/mol. The molecule has 1 amide bonds. The van der Waals surface area contributed by atoms with Gasteiger partial charge in [0.15, 0.2) is 0 Å². The zero-order valence-corrected chi connectivity index (χ0v) is 11.6. The number of ether oxygens (including phenoxy) is 1. The molecule has 106 valence electrons. The van der Waals surface area contributed by atoms with Crippen LogP contribution in [-0.2, 0) is 9.53 Å². The molecule has 1 unspecified atom stereocenters. The number of carbonyl (C=O) groups excluding carboxylic acids is 1. The summed E-state index contributed by atoms with van der Waals surface area (Å²) in [5, 5.41) is 3.58. The summed E-state index contributed by atoms with van der Waals surface area (Å²) in [6.07, 6.45) is 5.43. The minimum atomic E-state index is 0.0869. The number of nitrogens with zero attached hydrogens (tertiary/aromatic N) is 1. The maximum absolute atomic E-state index is 11.7. The molecule has 5 heteroatoms. The van der Waals surface area contributed by atoms with Gasteiger partial charge < -0.3 is 19.4 Å². The summed E-state index contributed by atoms with van der Waals surface area (Å²) in [4.78, 5) is 13.6. The van der Waals surface area contributed by atoms with Gasteiger partial charge in [0.2, 0.25) is 5.91 Å². The predicted molar refractivity (Wildman–Crippen MR) is 71.7 cm³/mol. The SMILES string of the molecule is COCC(=O)N1CCC(NC(C)c2ccoc2)CC1. The van der Waals surface area contributed by atoms with Gasteiger partial charge in [0.25, 0.3) is 0 Å². The molecule has 0 spiro atoms.